The summed E-state index contributed by atoms with van der Waals surface area (Å²) in [6, 6.07) is 6.05. The van der Waals surface area contributed by atoms with Crippen LogP contribution in [0.5, 0.6) is 0 Å². The predicted molar refractivity (Wildman–Crippen MR) is 62.2 cm³/mol. The molecule has 1 fully saturated rings. The molecule has 1 aromatic carbocycles. The number of nitrogens with zero attached hydrogens (tertiary/aromatic N) is 1. The number of thiazole rings is 1. The molecule has 1 atom stereocenters. The summed E-state index contributed by atoms with van der Waals surface area (Å²) in [4.78, 5) is 4.65. The van der Waals surface area contributed by atoms with E-state index in [1.807, 2.05) is 12.1 Å². The van der Waals surface area contributed by atoms with Gasteiger partial charge in [-0.2, -0.15) is 0 Å². The Labute approximate surface area is 92.6 Å². The lowest BCUT2D eigenvalue weighted by molar-refractivity contribution is 0.200. The monoisotopic (exact) mass is 219 g/mol. The second kappa shape index (κ2) is 3.29. The van der Waals surface area contributed by atoms with Crippen LogP contribution in [0.3, 0.4) is 0 Å². The molecular formula is C12H13NOS. The Bertz CT molecular complexity index is 499. The van der Waals surface area contributed by atoms with Gasteiger partial charge < -0.3 is 5.11 Å². The van der Waals surface area contributed by atoms with Crippen LogP contribution in [0.1, 0.15) is 42.4 Å². The van der Waals surface area contributed by atoms with Crippen molar-refractivity contribution in [1.29, 1.82) is 0 Å². The SMILES string of the molecule is CC(O)c1cccc2sc(C3CC3)nc12. The van der Waals surface area contributed by atoms with Gasteiger partial charge in [0.05, 0.1) is 21.3 Å². The Balaban J connectivity index is 2.19. The highest BCUT2D eigenvalue weighted by atomic mass is 32.1. The molecule has 2 aromatic rings. The molecule has 3 heteroatoms. The Hall–Kier alpha value is -0.930. The van der Waals surface area contributed by atoms with Crippen molar-refractivity contribution in [3.05, 3.63) is 28.8 Å². The van der Waals surface area contributed by atoms with Crippen LogP contribution in [0, 0.1) is 0 Å². The van der Waals surface area contributed by atoms with E-state index in [0.717, 1.165) is 11.1 Å². The average molecular weight is 219 g/mol. The highest BCUT2D eigenvalue weighted by Gasteiger charge is 2.27. The summed E-state index contributed by atoms with van der Waals surface area (Å²) in [5.74, 6) is 0.698. The van der Waals surface area contributed by atoms with Crippen molar-refractivity contribution in [1.82, 2.24) is 4.98 Å². The molecule has 0 bridgehead atoms. The third-order valence-corrected chi connectivity index (χ3v) is 4.03. The number of aliphatic hydroxyl groups excluding tert-OH is 1. The topological polar surface area (TPSA) is 33.1 Å². The Morgan fingerprint density at radius 2 is 2.27 bits per heavy atom. The lowest BCUT2D eigenvalue weighted by atomic mass is 10.1. The van der Waals surface area contributed by atoms with Crippen molar-refractivity contribution in [3.63, 3.8) is 0 Å². The summed E-state index contributed by atoms with van der Waals surface area (Å²) < 4.78 is 1.20. The second-order valence-corrected chi connectivity index (χ2v) is 5.26. The van der Waals surface area contributed by atoms with E-state index in [1.165, 1.54) is 22.5 Å². The van der Waals surface area contributed by atoms with Crippen LogP contribution < -0.4 is 0 Å². The van der Waals surface area contributed by atoms with E-state index in [4.69, 9.17) is 0 Å². The molecule has 0 aliphatic heterocycles. The molecule has 3 rings (SSSR count). The molecular weight excluding hydrogens is 206 g/mol. The fraction of sp³-hybridized carbons (Fsp3) is 0.417. The van der Waals surface area contributed by atoms with Crippen molar-refractivity contribution in [2.45, 2.75) is 31.8 Å². The Morgan fingerprint density at radius 1 is 1.47 bits per heavy atom. The second-order valence-electron chi connectivity index (χ2n) is 4.20. The zero-order chi connectivity index (χ0) is 10.4. The number of hydrogen-bond acceptors (Lipinski definition) is 3. The van der Waals surface area contributed by atoms with E-state index in [1.54, 1.807) is 18.3 Å². The first-order chi connectivity index (χ1) is 7.25. The van der Waals surface area contributed by atoms with Crippen LogP contribution in [-0.4, -0.2) is 10.1 Å². The minimum absolute atomic E-state index is 0.428. The predicted octanol–water partition coefficient (Wildman–Crippen LogP) is 3.23. The molecule has 1 heterocycles. The van der Waals surface area contributed by atoms with Gasteiger partial charge in [0, 0.05) is 11.5 Å². The Kier molecular flexibility index (Phi) is 2.04. The van der Waals surface area contributed by atoms with Gasteiger partial charge in [0.1, 0.15) is 0 Å². The van der Waals surface area contributed by atoms with E-state index < -0.39 is 6.10 Å². The van der Waals surface area contributed by atoms with Gasteiger partial charge in [0.2, 0.25) is 0 Å². The molecule has 2 nitrogen and oxygen atoms in total. The number of aromatic nitrogens is 1. The van der Waals surface area contributed by atoms with Gasteiger partial charge in [-0.3, -0.25) is 0 Å². The molecule has 0 saturated heterocycles. The fourth-order valence-corrected chi connectivity index (χ4v) is 3.00. The van der Waals surface area contributed by atoms with Crippen molar-refractivity contribution < 1.29 is 5.11 Å². The molecule has 1 aromatic heterocycles. The smallest absolute Gasteiger partial charge is 0.0969 e. The maximum Gasteiger partial charge on any atom is 0.0969 e. The van der Waals surface area contributed by atoms with Gasteiger partial charge in [-0.15, -0.1) is 11.3 Å². The van der Waals surface area contributed by atoms with E-state index in [2.05, 4.69) is 11.1 Å². The van der Waals surface area contributed by atoms with Gasteiger partial charge in [-0.1, -0.05) is 12.1 Å². The normalized spacial score (nSPS) is 18.3. The van der Waals surface area contributed by atoms with Crippen molar-refractivity contribution in [2.75, 3.05) is 0 Å². The third kappa shape index (κ3) is 1.56. The molecule has 0 radical (unpaired) electrons. The van der Waals surface area contributed by atoms with Crippen LogP contribution in [0.4, 0.5) is 0 Å². The van der Waals surface area contributed by atoms with Gasteiger partial charge in [0.15, 0.2) is 0 Å². The van der Waals surface area contributed by atoms with Crippen LogP contribution in [0.15, 0.2) is 18.2 Å². The Morgan fingerprint density at radius 3 is 2.93 bits per heavy atom. The van der Waals surface area contributed by atoms with Crippen molar-refractivity contribution in [2.24, 2.45) is 0 Å². The van der Waals surface area contributed by atoms with Crippen LogP contribution in [0.2, 0.25) is 0 Å². The van der Waals surface area contributed by atoms with Crippen LogP contribution in [0.25, 0.3) is 10.2 Å². The molecule has 1 aliphatic carbocycles. The molecule has 1 unspecified atom stereocenters. The standard InChI is InChI=1S/C12H13NOS/c1-7(14)9-3-2-4-10-11(9)13-12(15-10)8-5-6-8/h2-4,7-8,14H,5-6H2,1H3. The van der Waals surface area contributed by atoms with Crippen LogP contribution in [-0.2, 0) is 0 Å². The summed E-state index contributed by atoms with van der Waals surface area (Å²) in [6.07, 6.45) is 2.14. The summed E-state index contributed by atoms with van der Waals surface area (Å²) in [7, 11) is 0. The fourth-order valence-electron chi connectivity index (χ4n) is 1.83. The van der Waals surface area contributed by atoms with Crippen molar-refractivity contribution in [3.8, 4) is 0 Å². The van der Waals surface area contributed by atoms with E-state index in [-0.39, 0.29) is 0 Å². The molecule has 0 spiro atoms. The largest absolute Gasteiger partial charge is 0.389 e. The number of benzene rings is 1. The van der Waals surface area contributed by atoms with E-state index >= 15 is 0 Å². The molecule has 15 heavy (non-hydrogen) atoms. The maximum absolute atomic E-state index is 9.65. The molecule has 78 valence electrons. The first kappa shape index (κ1) is 9.31. The lowest BCUT2D eigenvalue weighted by Crippen LogP contribution is -1.91. The summed E-state index contributed by atoms with van der Waals surface area (Å²) in [5.41, 5.74) is 1.95. The zero-order valence-corrected chi connectivity index (χ0v) is 9.42. The number of hydrogen-bond donors (Lipinski definition) is 1. The van der Waals surface area contributed by atoms with Crippen molar-refractivity contribution >= 4 is 21.6 Å². The zero-order valence-electron chi connectivity index (χ0n) is 8.60. The summed E-state index contributed by atoms with van der Waals surface area (Å²) >= 11 is 1.78. The van der Waals surface area contributed by atoms with E-state index in [9.17, 15) is 5.11 Å². The maximum atomic E-state index is 9.65. The quantitative estimate of drug-likeness (QED) is 0.841. The average Bonchev–Trinajstić information content (AvgIpc) is 2.96. The highest BCUT2D eigenvalue weighted by molar-refractivity contribution is 7.18. The number of rotatable bonds is 2. The first-order valence-corrected chi connectivity index (χ1v) is 6.15. The minimum atomic E-state index is -0.428. The summed E-state index contributed by atoms with van der Waals surface area (Å²) in [6.45, 7) is 1.80. The van der Waals surface area contributed by atoms with Gasteiger partial charge >= 0.3 is 0 Å². The highest BCUT2D eigenvalue weighted by Crippen LogP contribution is 2.43. The molecule has 0 amide bonds. The van der Waals surface area contributed by atoms with Gasteiger partial charge in [-0.05, 0) is 25.8 Å². The number of aliphatic hydroxyl groups is 1. The van der Waals surface area contributed by atoms with E-state index in [0.29, 0.717) is 5.92 Å². The van der Waals surface area contributed by atoms with Crippen LogP contribution >= 0.6 is 11.3 Å². The minimum Gasteiger partial charge on any atom is -0.389 e. The molecule has 1 aliphatic rings. The summed E-state index contributed by atoms with van der Waals surface area (Å²) in [5, 5.41) is 10.9. The lowest BCUT2D eigenvalue weighted by Gasteiger charge is -2.03. The third-order valence-electron chi connectivity index (χ3n) is 2.84. The van der Waals surface area contributed by atoms with Gasteiger partial charge in [0.25, 0.3) is 0 Å². The van der Waals surface area contributed by atoms with Gasteiger partial charge in [-0.25, -0.2) is 4.98 Å². The number of fused-ring (bicyclic) bond motifs is 1. The first-order valence-electron chi connectivity index (χ1n) is 5.33. The molecule has 1 N–H and O–H groups in total. The molecule has 1 saturated carbocycles. The number of para-hydroxylation sites is 1.